The zero-order chi connectivity index (χ0) is 33.6. The van der Waals surface area contributed by atoms with E-state index in [1.165, 1.54) is 18.5 Å². The van der Waals surface area contributed by atoms with Crippen LogP contribution in [0, 0.1) is 25.2 Å². The Morgan fingerprint density at radius 3 is 2.32 bits per heavy atom. The Morgan fingerprint density at radius 2 is 1.70 bits per heavy atom. The van der Waals surface area contributed by atoms with Crippen molar-refractivity contribution in [1.29, 1.82) is 0 Å². The van der Waals surface area contributed by atoms with Gasteiger partial charge < -0.3 is 14.4 Å². The zero-order valence-corrected chi connectivity index (χ0v) is 30.7. The average Bonchev–Trinajstić information content (AvgIpc) is 3.48. The van der Waals surface area contributed by atoms with Crippen LogP contribution in [0.4, 0.5) is 5.69 Å². The van der Waals surface area contributed by atoms with Crippen molar-refractivity contribution in [2.75, 3.05) is 43.9 Å². The molecule has 9 nitrogen and oxygen atoms in total. The molecule has 6 rings (SSSR count). The van der Waals surface area contributed by atoms with E-state index in [0.29, 0.717) is 49.3 Å². The molecule has 2 amide bonds. The van der Waals surface area contributed by atoms with Gasteiger partial charge in [-0.15, -0.1) is 0 Å². The van der Waals surface area contributed by atoms with E-state index in [-0.39, 0.29) is 23.1 Å². The van der Waals surface area contributed by atoms with E-state index < -0.39 is 11.0 Å². The van der Waals surface area contributed by atoms with Crippen LogP contribution in [0.1, 0.15) is 94.5 Å². The van der Waals surface area contributed by atoms with Crippen LogP contribution in [0.2, 0.25) is 5.02 Å². The summed E-state index contributed by atoms with van der Waals surface area (Å²) in [6.07, 6.45) is 9.64. The SMILES string of the molecule is Cc1ccc(N(CCCN2[C@@H]3CC[C@@H]2CC(n2c(C)nc4c2CCN(C(=O)C(C)(C)C)C4)C3)C(=O)C2CCN(S(C)=O)CC2)cc1Cl. The van der Waals surface area contributed by atoms with Crippen LogP contribution < -0.4 is 4.90 Å². The average molecular weight is 685 g/mol. The highest BCUT2D eigenvalue weighted by Crippen LogP contribution is 2.43. The van der Waals surface area contributed by atoms with E-state index in [1.807, 2.05) is 60.0 Å². The maximum Gasteiger partial charge on any atom is 0.230 e. The van der Waals surface area contributed by atoms with Gasteiger partial charge in [0.2, 0.25) is 11.8 Å². The van der Waals surface area contributed by atoms with Gasteiger partial charge in [0, 0.05) is 91.3 Å². The Balaban J connectivity index is 1.10. The number of rotatable bonds is 8. The topological polar surface area (TPSA) is 82.0 Å². The molecular weight excluding hydrogens is 632 g/mol. The highest BCUT2D eigenvalue weighted by molar-refractivity contribution is 7.81. The molecule has 1 aromatic heterocycles. The largest absolute Gasteiger partial charge is 0.336 e. The van der Waals surface area contributed by atoms with Crippen LogP contribution in [0.25, 0.3) is 0 Å². The van der Waals surface area contributed by atoms with E-state index in [4.69, 9.17) is 16.6 Å². The van der Waals surface area contributed by atoms with E-state index >= 15 is 0 Å². The molecule has 0 radical (unpaired) electrons. The number of fused-ring (bicyclic) bond motifs is 3. The summed E-state index contributed by atoms with van der Waals surface area (Å²) in [5.41, 5.74) is 3.91. The molecule has 258 valence electrons. The molecule has 1 unspecified atom stereocenters. The summed E-state index contributed by atoms with van der Waals surface area (Å²) >= 11 is 6.54. The molecule has 2 aromatic rings. The molecule has 5 heterocycles. The predicted octanol–water partition coefficient (Wildman–Crippen LogP) is 5.68. The van der Waals surface area contributed by atoms with Crippen molar-refractivity contribution in [3.05, 3.63) is 46.0 Å². The van der Waals surface area contributed by atoms with Crippen molar-refractivity contribution >= 4 is 40.1 Å². The summed E-state index contributed by atoms with van der Waals surface area (Å²) in [4.78, 5) is 38.6. The van der Waals surface area contributed by atoms with E-state index in [9.17, 15) is 13.8 Å². The number of anilines is 1. The van der Waals surface area contributed by atoms with Crippen molar-refractivity contribution in [2.24, 2.45) is 11.3 Å². The number of imidazole rings is 1. The number of aryl methyl sites for hydroxylation is 2. The molecule has 1 aromatic carbocycles. The molecule has 3 atom stereocenters. The summed E-state index contributed by atoms with van der Waals surface area (Å²) in [5, 5.41) is 0.683. The Bertz CT molecular complexity index is 1500. The lowest BCUT2D eigenvalue weighted by atomic mass is 9.93. The zero-order valence-electron chi connectivity index (χ0n) is 29.1. The molecule has 3 fully saturated rings. The van der Waals surface area contributed by atoms with Gasteiger partial charge in [-0.3, -0.25) is 14.5 Å². The molecule has 0 aliphatic carbocycles. The number of amides is 2. The minimum atomic E-state index is -0.996. The molecule has 0 saturated carbocycles. The third kappa shape index (κ3) is 7.22. The summed E-state index contributed by atoms with van der Waals surface area (Å²) in [7, 11) is -0.996. The van der Waals surface area contributed by atoms with Crippen LogP contribution in [0.3, 0.4) is 0 Å². The van der Waals surface area contributed by atoms with Crippen LogP contribution in [-0.2, 0) is 33.5 Å². The number of aromatic nitrogens is 2. The standard InChI is InChI=1S/C36H53ClN6O3S/c1-24-8-9-29(22-31(24)37)42(34(44)26-12-18-40(19-13-26)47(6)46)16-7-15-41-27-10-11-28(41)21-30(20-27)43-25(2)38-32-23-39(17-14-33(32)43)35(45)36(3,4)5/h8-9,22,26-28,30H,7,10-21,23H2,1-6H3/t27-,28-,47?/m1/s1. The number of benzene rings is 1. The molecule has 3 saturated heterocycles. The first-order valence-corrected chi connectivity index (χ1v) is 19.5. The van der Waals surface area contributed by atoms with Crippen LogP contribution in [-0.4, -0.2) is 90.7 Å². The first-order valence-electron chi connectivity index (χ1n) is 17.6. The number of piperidine rings is 2. The second-order valence-corrected chi connectivity index (χ2v) is 17.1. The van der Waals surface area contributed by atoms with Crippen molar-refractivity contribution in [2.45, 2.75) is 111 Å². The van der Waals surface area contributed by atoms with Gasteiger partial charge in [-0.2, -0.15) is 0 Å². The number of hydrogen-bond acceptors (Lipinski definition) is 5. The highest BCUT2D eigenvalue weighted by Gasteiger charge is 2.43. The first-order chi connectivity index (χ1) is 22.3. The third-order valence-electron chi connectivity index (χ3n) is 11.1. The normalized spacial score (nSPS) is 24.7. The van der Waals surface area contributed by atoms with Gasteiger partial charge >= 0.3 is 0 Å². The third-order valence-corrected chi connectivity index (χ3v) is 12.6. The van der Waals surface area contributed by atoms with Gasteiger partial charge in [0.1, 0.15) is 5.82 Å². The van der Waals surface area contributed by atoms with Crippen LogP contribution in [0.5, 0.6) is 0 Å². The van der Waals surface area contributed by atoms with Crippen molar-refractivity contribution in [3.63, 3.8) is 0 Å². The van der Waals surface area contributed by atoms with Crippen molar-refractivity contribution in [3.8, 4) is 0 Å². The molecule has 0 N–H and O–H groups in total. The number of halogens is 1. The Kier molecular flexibility index (Phi) is 10.2. The summed E-state index contributed by atoms with van der Waals surface area (Å²) < 4.78 is 16.5. The Labute approximate surface area is 288 Å². The van der Waals surface area contributed by atoms with Gasteiger partial charge in [0.25, 0.3) is 0 Å². The van der Waals surface area contributed by atoms with Gasteiger partial charge in [-0.05, 0) is 76.5 Å². The quantitative estimate of drug-likeness (QED) is 0.358. The lowest BCUT2D eigenvalue weighted by molar-refractivity contribution is -0.140. The second-order valence-electron chi connectivity index (χ2n) is 15.3. The summed E-state index contributed by atoms with van der Waals surface area (Å²) in [6, 6.07) is 7.49. The van der Waals surface area contributed by atoms with Crippen LogP contribution >= 0.6 is 11.6 Å². The molecule has 11 heteroatoms. The fourth-order valence-electron chi connectivity index (χ4n) is 8.60. The number of carbonyl (C=O) groups excluding carboxylic acids is 2. The van der Waals surface area contributed by atoms with Crippen molar-refractivity contribution < 1.29 is 13.8 Å². The van der Waals surface area contributed by atoms with Gasteiger partial charge in [-0.1, -0.05) is 38.4 Å². The number of hydrogen-bond donors (Lipinski definition) is 0. The van der Waals surface area contributed by atoms with E-state index in [1.54, 1.807) is 6.26 Å². The second kappa shape index (κ2) is 13.9. The smallest absolute Gasteiger partial charge is 0.230 e. The van der Waals surface area contributed by atoms with Gasteiger partial charge in [-0.25, -0.2) is 13.5 Å². The Morgan fingerprint density at radius 1 is 1.02 bits per heavy atom. The van der Waals surface area contributed by atoms with Crippen molar-refractivity contribution in [1.82, 2.24) is 23.7 Å². The summed E-state index contributed by atoms with van der Waals surface area (Å²) in [6.45, 7) is 14.5. The van der Waals surface area contributed by atoms with Gasteiger partial charge in [0.15, 0.2) is 0 Å². The molecule has 47 heavy (non-hydrogen) atoms. The van der Waals surface area contributed by atoms with Crippen LogP contribution in [0.15, 0.2) is 18.2 Å². The number of carbonyl (C=O) groups is 2. The highest BCUT2D eigenvalue weighted by atomic mass is 35.5. The predicted molar refractivity (Wildman–Crippen MR) is 189 cm³/mol. The fraction of sp³-hybridized carbons (Fsp3) is 0.694. The fourth-order valence-corrected chi connectivity index (χ4v) is 9.50. The first kappa shape index (κ1) is 34.6. The molecular formula is C36H53ClN6O3S. The maximum atomic E-state index is 14.0. The lowest BCUT2D eigenvalue weighted by Crippen LogP contribution is -2.46. The number of nitrogens with zero attached hydrogens (tertiary/aromatic N) is 6. The van der Waals surface area contributed by atoms with Gasteiger partial charge in [0.05, 0.1) is 23.2 Å². The lowest BCUT2D eigenvalue weighted by Gasteiger charge is -2.41. The monoisotopic (exact) mass is 684 g/mol. The Hall–Kier alpha value is -2.27. The van der Waals surface area contributed by atoms with E-state index in [2.05, 4.69) is 16.4 Å². The van der Waals surface area contributed by atoms with E-state index in [0.717, 1.165) is 74.4 Å². The molecule has 2 bridgehead atoms. The minimum Gasteiger partial charge on any atom is -0.336 e. The minimum absolute atomic E-state index is 0.0650. The summed E-state index contributed by atoms with van der Waals surface area (Å²) in [5.74, 6) is 1.38. The molecule has 0 spiro atoms. The maximum absolute atomic E-state index is 14.0. The molecule has 4 aliphatic heterocycles. The molecule has 4 aliphatic rings.